The Hall–Kier alpha value is -2.47. The summed E-state index contributed by atoms with van der Waals surface area (Å²) in [6.45, 7) is 2.74. The lowest BCUT2D eigenvalue weighted by Gasteiger charge is -2.19. The summed E-state index contributed by atoms with van der Waals surface area (Å²) in [6.07, 6.45) is 0. The van der Waals surface area contributed by atoms with Crippen LogP contribution < -0.4 is 5.56 Å². The predicted molar refractivity (Wildman–Crippen MR) is 87.1 cm³/mol. The predicted octanol–water partition coefficient (Wildman–Crippen LogP) is 2.65. The smallest absolute Gasteiger partial charge is 0.258 e. The van der Waals surface area contributed by atoms with Crippen molar-refractivity contribution < 1.29 is 4.79 Å². The molecule has 0 aliphatic rings. The van der Waals surface area contributed by atoms with Gasteiger partial charge in [-0.3, -0.25) is 9.59 Å². The Morgan fingerprint density at radius 2 is 2.14 bits per heavy atom. The minimum Gasteiger partial charge on any atom is -0.331 e. The van der Waals surface area contributed by atoms with Crippen LogP contribution in [-0.4, -0.2) is 27.3 Å². The van der Waals surface area contributed by atoms with Gasteiger partial charge in [-0.15, -0.1) is 0 Å². The molecule has 3 aromatic rings. The maximum absolute atomic E-state index is 12.4. The van der Waals surface area contributed by atoms with E-state index in [2.05, 4.69) is 9.97 Å². The first-order valence-electron chi connectivity index (χ1n) is 6.98. The van der Waals surface area contributed by atoms with E-state index in [1.54, 1.807) is 29.2 Å². The fourth-order valence-corrected chi connectivity index (χ4v) is 2.92. The number of carbonyl (C=O) groups excluding carboxylic acids is 1. The number of thiophene rings is 1. The van der Waals surface area contributed by atoms with Gasteiger partial charge in [0, 0.05) is 11.9 Å². The van der Waals surface area contributed by atoms with Crippen LogP contribution in [0.3, 0.4) is 0 Å². The zero-order valence-corrected chi connectivity index (χ0v) is 12.9. The van der Waals surface area contributed by atoms with Gasteiger partial charge in [-0.25, -0.2) is 4.98 Å². The second-order valence-electron chi connectivity index (χ2n) is 4.86. The van der Waals surface area contributed by atoms with Gasteiger partial charge < -0.3 is 9.88 Å². The SMILES string of the molecule is CCN(Cc1nc2ccccc2c(=O)[nH]1)C(=O)c1ccsc1. The van der Waals surface area contributed by atoms with Crippen molar-refractivity contribution in [3.8, 4) is 0 Å². The molecular weight excluding hydrogens is 298 g/mol. The van der Waals surface area contributed by atoms with Crippen molar-refractivity contribution in [1.82, 2.24) is 14.9 Å². The van der Waals surface area contributed by atoms with Crippen molar-refractivity contribution >= 4 is 28.1 Å². The number of para-hydroxylation sites is 1. The molecule has 0 unspecified atom stereocenters. The molecule has 0 spiro atoms. The highest BCUT2D eigenvalue weighted by atomic mass is 32.1. The average Bonchev–Trinajstić information content (AvgIpc) is 3.06. The zero-order valence-electron chi connectivity index (χ0n) is 12.1. The third-order valence-electron chi connectivity index (χ3n) is 3.44. The van der Waals surface area contributed by atoms with Gasteiger partial charge >= 0.3 is 0 Å². The third kappa shape index (κ3) is 2.78. The maximum Gasteiger partial charge on any atom is 0.258 e. The summed E-state index contributed by atoms with van der Waals surface area (Å²) in [5, 5.41) is 4.25. The topological polar surface area (TPSA) is 66.1 Å². The number of H-pyrrole nitrogens is 1. The van der Waals surface area contributed by atoms with Crippen molar-refractivity contribution in [3.05, 3.63) is 62.8 Å². The van der Waals surface area contributed by atoms with Crippen molar-refractivity contribution in [1.29, 1.82) is 0 Å². The van der Waals surface area contributed by atoms with Crippen molar-refractivity contribution in [2.45, 2.75) is 13.5 Å². The highest BCUT2D eigenvalue weighted by Gasteiger charge is 2.16. The number of hydrogen-bond donors (Lipinski definition) is 1. The van der Waals surface area contributed by atoms with Crippen molar-refractivity contribution in [2.24, 2.45) is 0 Å². The average molecular weight is 313 g/mol. The lowest BCUT2D eigenvalue weighted by Crippen LogP contribution is -2.31. The van der Waals surface area contributed by atoms with Gasteiger partial charge in [-0.05, 0) is 30.5 Å². The molecule has 1 amide bonds. The number of aromatic nitrogens is 2. The Labute approximate surface area is 131 Å². The number of aromatic amines is 1. The van der Waals surface area contributed by atoms with E-state index in [1.807, 2.05) is 23.8 Å². The molecule has 6 heteroatoms. The summed E-state index contributed by atoms with van der Waals surface area (Å²) < 4.78 is 0. The monoisotopic (exact) mass is 313 g/mol. The van der Waals surface area contributed by atoms with Gasteiger partial charge in [0.25, 0.3) is 11.5 Å². The number of amides is 1. The lowest BCUT2D eigenvalue weighted by atomic mass is 10.2. The Morgan fingerprint density at radius 1 is 1.32 bits per heavy atom. The Kier molecular flexibility index (Phi) is 4.02. The van der Waals surface area contributed by atoms with Crippen LogP contribution in [0.4, 0.5) is 0 Å². The van der Waals surface area contributed by atoms with E-state index in [9.17, 15) is 9.59 Å². The molecule has 1 N–H and O–H groups in total. The first kappa shape index (κ1) is 14.5. The number of benzene rings is 1. The summed E-state index contributed by atoms with van der Waals surface area (Å²) in [6, 6.07) is 8.97. The molecule has 0 saturated heterocycles. The second-order valence-corrected chi connectivity index (χ2v) is 5.64. The fourth-order valence-electron chi connectivity index (χ4n) is 2.29. The van der Waals surface area contributed by atoms with Crippen LogP contribution in [0.1, 0.15) is 23.1 Å². The minimum absolute atomic E-state index is 0.0560. The Balaban J connectivity index is 1.91. The number of nitrogens with zero attached hydrogens (tertiary/aromatic N) is 2. The van der Waals surface area contributed by atoms with Crippen LogP contribution in [0, 0.1) is 0 Å². The zero-order chi connectivity index (χ0) is 15.5. The number of fused-ring (bicyclic) bond motifs is 1. The Bertz CT molecular complexity index is 855. The molecule has 2 heterocycles. The first-order chi connectivity index (χ1) is 10.7. The standard InChI is InChI=1S/C16H15N3O2S/c1-2-19(16(21)11-7-8-22-10-11)9-14-17-13-6-4-3-5-12(13)15(20)18-14/h3-8,10H,2,9H2,1H3,(H,17,18,20). The Morgan fingerprint density at radius 3 is 2.86 bits per heavy atom. The van der Waals surface area contributed by atoms with E-state index in [-0.39, 0.29) is 18.0 Å². The van der Waals surface area contributed by atoms with Crippen LogP contribution in [0.5, 0.6) is 0 Å². The van der Waals surface area contributed by atoms with Gasteiger partial charge in [0.2, 0.25) is 0 Å². The molecule has 2 aromatic heterocycles. The molecule has 0 fully saturated rings. The molecule has 0 atom stereocenters. The highest BCUT2D eigenvalue weighted by Crippen LogP contribution is 2.12. The number of carbonyl (C=O) groups is 1. The summed E-state index contributed by atoms with van der Waals surface area (Å²) in [4.78, 5) is 33.3. The molecule has 5 nitrogen and oxygen atoms in total. The molecule has 112 valence electrons. The largest absolute Gasteiger partial charge is 0.331 e. The molecule has 0 radical (unpaired) electrons. The molecule has 3 rings (SSSR count). The summed E-state index contributed by atoms with van der Waals surface area (Å²) in [5.41, 5.74) is 1.12. The molecule has 0 aliphatic heterocycles. The van der Waals surface area contributed by atoms with E-state index in [0.29, 0.717) is 28.8 Å². The van der Waals surface area contributed by atoms with E-state index < -0.39 is 0 Å². The normalized spacial score (nSPS) is 10.8. The quantitative estimate of drug-likeness (QED) is 0.805. The highest BCUT2D eigenvalue weighted by molar-refractivity contribution is 7.08. The summed E-state index contributed by atoms with van der Waals surface area (Å²) in [5.74, 6) is 0.439. The fraction of sp³-hybridized carbons (Fsp3) is 0.188. The number of rotatable bonds is 4. The summed E-state index contributed by atoms with van der Waals surface area (Å²) >= 11 is 1.49. The maximum atomic E-state index is 12.4. The molecule has 0 aliphatic carbocycles. The minimum atomic E-state index is -0.181. The summed E-state index contributed by atoms with van der Waals surface area (Å²) in [7, 11) is 0. The van der Waals surface area contributed by atoms with Gasteiger partial charge in [0.05, 0.1) is 23.0 Å². The van der Waals surface area contributed by atoms with Crippen molar-refractivity contribution in [3.63, 3.8) is 0 Å². The van der Waals surface area contributed by atoms with E-state index in [1.165, 1.54) is 11.3 Å². The van der Waals surface area contributed by atoms with Crippen molar-refractivity contribution in [2.75, 3.05) is 6.54 Å². The first-order valence-corrected chi connectivity index (χ1v) is 7.92. The van der Waals surface area contributed by atoms with Crippen LogP contribution >= 0.6 is 11.3 Å². The van der Waals surface area contributed by atoms with Crippen LogP contribution in [0.2, 0.25) is 0 Å². The lowest BCUT2D eigenvalue weighted by molar-refractivity contribution is 0.0749. The van der Waals surface area contributed by atoms with Gasteiger partial charge in [0.1, 0.15) is 5.82 Å². The van der Waals surface area contributed by atoms with Gasteiger partial charge in [-0.2, -0.15) is 11.3 Å². The van der Waals surface area contributed by atoms with E-state index >= 15 is 0 Å². The van der Waals surface area contributed by atoms with Crippen LogP contribution in [-0.2, 0) is 6.54 Å². The number of hydrogen-bond acceptors (Lipinski definition) is 4. The van der Waals surface area contributed by atoms with E-state index in [4.69, 9.17) is 0 Å². The molecule has 1 aromatic carbocycles. The molecule has 0 saturated carbocycles. The second kappa shape index (κ2) is 6.11. The van der Waals surface area contributed by atoms with Crippen LogP contribution in [0.25, 0.3) is 10.9 Å². The van der Waals surface area contributed by atoms with Gasteiger partial charge in [0.15, 0.2) is 0 Å². The number of nitrogens with one attached hydrogen (secondary N) is 1. The third-order valence-corrected chi connectivity index (χ3v) is 4.12. The molecular formula is C16H15N3O2S. The van der Waals surface area contributed by atoms with Gasteiger partial charge in [-0.1, -0.05) is 12.1 Å². The molecule has 0 bridgehead atoms. The van der Waals surface area contributed by atoms with E-state index in [0.717, 1.165) is 0 Å². The molecule has 22 heavy (non-hydrogen) atoms. The van der Waals surface area contributed by atoms with Crippen LogP contribution in [0.15, 0.2) is 45.9 Å².